The summed E-state index contributed by atoms with van der Waals surface area (Å²) in [4.78, 5) is 19.1. The quantitative estimate of drug-likeness (QED) is 0.857. The number of benzene rings is 1. The van der Waals surface area contributed by atoms with Crippen LogP contribution in [0.25, 0.3) is 10.9 Å². The van der Waals surface area contributed by atoms with Crippen LogP contribution in [0.5, 0.6) is 0 Å². The number of likely N-dealkylation sites (tertiary alicyclic amines) is 1. The Morgan fingerprint density at radius 3 is 2.88 bits per heavy atom. The molecule has 0 saturated carbocycles. The van der Waals surface area contributed by atoms with Crippen LogP contribution in [0.3, 0.4) is 0 Å². The normalized spacial score (nSPS) is 25.6. The van der Waals surface area contributed by atoms with Crippen LogP contribution in [0.1, 0.15) is 10.5 Å². The number of hydrogen-bond acceptors (Lipinski definition) is 5. The Hall–Kier alpha value is -2.03. The lowest BCUT2D eigenvalue weighted by Gasteiger charge is -2.19. The molecular formula is C18H21N3O4S. The number of rotatable bonds is 4. The molecule has 2 saturated heterocycles. The average Bonchev–Trinajstić information content (AvgIpc) is 3.19. The zero-order valence-electron chi connectivity index (χ0n) is 14.5. The van der Waals surface area contributed by atoms with Crippen molar-refractivity contribution in [2.75, 3.05) is 32.5 Å². The van der Waals surface area contributed by atoms with Crippen LogP contribution in [0.4, 0.5) is 0 Å². The maximum atomic E-state index is 12.8. The van der Waals surface area contributed by atoms with Crippen molar-refractivity contribution in [1.29, 1.82) is 0 Å². The molecule has 2 fully saturated rings. The van der Waals surface area contributed by atoms with Gasteiger partial charge in [0.05, 0.1) is 24.5 Å². The van der Waals surface area contributed by atoms with Crippen LogP contribution >= 0.6 is 0 Å². The number of carbonyl (C=O) groups excluding carboxylic acids is 1. The molecule has 0 radical (unpaired) electrons. The molecule has 3 atom stereocenters. The number of nitrogens with zero attached hydrogens (tertiary/aromatic N) is 2. The van der Waals surface area contributed by atoms with Crippen molar-refractivity contribution in [3.8, 4) is 0 Å². The molecule has 26 heavy (non-hydrogen) atoms. The summed E-state index contributed by atoms with van der Waals surface area (Å²) >= 11 is 0. The van der Waals surface area contributed by atoms with Gasteiger partial charge in [0, 0.05) is 36.9 Å². The summed E-state index contributed by atoms with van der Waals surface area (Å²) in [5.74, 6) is 0.120. The second kappa shape index (κ2) is 6.61. The minimum absolute atomic E-state index is 0.0363. The average molecular weight is 375 g/mol. The van der Waals surface area contributed by atoms with Crippen molar-refractivity contribution in [3.63, 3.8) is 0 Å². The molecule has 0 unspecified atom stereocenters. The summed E-state index contributed by atoms with van der Waals surface area (Å²) in [5.41, 5.74) is 1.22. The predicted molar refractivity (Wildman–Crippen MR) is 97.2 cm³/mol. The fourth-order valence-electron chi connectivity index (χ4n) is 3.78. The van der Waals surface area contributed by atoms with Crippen LogP contribution in [0.2, 0.25) is 0 Å². The van der Waals surface area contributed by atoms with E-state index in [9.17, 15) is 13.2 Å². The summed E-state index contributed by atoms with van der Waals surface area (Å²) in [7, 11) is -3.23. The molecule has 4 rings (SSSR count). The van der Waals surface area contributed by atoms with E-state index in [-0.39, 0.29) is 23.8 Å². The number of nitrogens with one attached hydrogen (secondary N) is 1. The smallest absolute Gasteiger partial charge is 0.272 e. The van der Waals surface area contributed by atoms with E-state index in [1.807, 2.05) is 30.3 Å². The van der Waals surface area contributed by atoms with Gasteiger partial charge in [-0.05, 0) is 12.1 Å². The summed E-state index contributed by atoms with van der Waals surface area (Å²) in [5, 5.41) is 0.998. The second-order valence-electron chi connectivity index (χ2n) is 7.02. The summed E-state index contributed by atoms with van der Waals surface area (Å²) < 4.78 is 31.0. The second-order valence-corrected chi connectivity index (χ2v) is 8.85. The van der Waals surface area contributed by atoms with E-state index in [1.54, 1.807) is 11.0 Å². The highest BCUT2D eigenvalue weighted by Gasteiger charge is 2.45. The van der Waals surface area contributed by atoms with Gasteiger partial charge in [-0.15, -0.1) is 0 Å². The lowest BCUT2D eigenvalue weighted by atomic mass is 9.93. The number of fused-ring (bicyclic) bond motifs is 2. The maximum absolute atomic E-state index is 12.8. The van der Waals surface area contributed by atoms with Gasteiger partial charge in [-0.2, -0.15) is 0 Å². The van der Waals surface area contributed by atoms with E-state index >= 15 is 0 Å². The molecule has 0 spiro atoms. The van der Waals surface area contributed by atoms with Gasteiger partial charge in [0.25, 0.3) is 5.91 Å². The molecule has 138 valence electrons. The largest absolute Gasteiger partial charge is 0.376 e. The molecule has 7 nitrogen and oxygen atoms in total. The molecule has 1 N–H and O–H groups in total. The fraction of sp³-hybridized carbons (Fsp3) is 0.444. The Bertz CT molecular complexity index is 946. The monoisotopic (exact) mass is 375 g/mol. The number of pyridine rings is 1. The first-order valence-electron chi connectivity index (χ1n) is 8.62. The molecule has 8 heteroatoms. The summed E-state index contributed by atoms with van der Waals surface area (Å²) in [6.07, 6.45) is 1.11. The van der Waals surface area contributed by atoms with E-state index < -0.39 is 10.0 Å². The molecule has 0 bridgehead atoms. The van der Waals surface area contributed by atoms with Gasteiger partial charge in [0.1, 0.15) is 5.69 Å². The molecular weight excluding hydrogens is 354 g/mol. The van der Waals surface area contributed by atoms with E-state index in [1.165, 1.54) is 0 Å². The number of sulfonamides is 1. The topological polar surface area (TPSA) is 88.6 Å². The third kappa shape index (κ3) is 3.44. The first-order valence-corrected chi connectivity index (χ1v) is 10.5. The van der Waals surface area contributed by atoms with Crippen LogP contribution in [-0.2, 0) is 14.8 Å². The van der Waals surface area contributed by atoms with Crippen molar-refractivity contribution < 1.29 is 17.9 Å². The van der Waals surface area contributed by atoms with E-state index in [2.05, 4.69) is 9.71 Å². The van der Waals surface area contributed by atoms with Crippen molar-refractivity contribution in [2.24, 2.45) is 11.8 Å². The molecule has 2 aromatic rings. The Kier molecular flexibility index (Phi) is 4.42. The standard InChI is InChI=1S/C18H21N3O4S/c1-26(23,24)19-8-13-11-25-17-10-21(9-14(13)17)18(22)16-7-6-12-4-2-3-5-15(12)20-16/h2-7,13-14,17,19H,8-11H2,1H3/t13-,14-,17-/m1/s1. The minimum atomic E-state index is -3.23. The van der Waals surface area contributed by atoms with E-state index in [0.29, 0.717) is 31.9 Å². The third-order valence-corrected chi connectivity index (χ3v) is 5.84. The summed E-state index contributed by atoms with van der Waals surface area (Å²) in [6, 6.07) is 11.3. The Balaban J connectivity index is 1.46. The maximum Gasteiger partial charge on any atom is 0.272 e. The van der Waals surface area contributed by atoms with Crippen LogP contribution in [-0.4, -0.2) is 62.8 Å². The molecule has 3 heterocycles. The van der Waals surface area contributed by atoms with E-state index in [0.717, 1.165) is 17.2 Å². The lowest BCUT2D eigenvalue weighted by molar-refractivity contribution is 0.0674. The van der Waals surface area contributed by atoms with Crippen molar-refractivity contribution in [1.82, 2.24) is 14.6 Å². The highest BCUT2D eigenvalue weighted by molar-refractivity contribution is 7.88. The van der Waals surface area contributed by atoms with Gasteiger partial charge < -0.3 is 9.64 Å². The lowest BCUT2D eigenvalue weighted by Crippen LogP contribution is -2.35. The molecule has 1 aromatic heterocycles. The molecule has 1 amide bonds. The van der Waals surface area contributed by atoms with Crippen molar-refractivity contribution >= 4 is 26.8 Å². The van der Waals surface area contributed by atoms with Crippen molar-refractivity contribution in [2.45, 2.75) is 6.10 Å². The first kappa shape index (κ1) is 17.4. The Labute approximate surface area is 152 Å². The molecule has 2 aliphatic rings. The zero-order chi connectivity index (χ0) is 18.3. The molecule has 2 aliphatic heterocycles. The fourth-order valence-corrected chi connectivity index (χ4v) is 4.30. The Morgan fingerprint density at radius 2 is 2.08 bits per heavy atom. The number of aromatic nitrogens is 1. The molecule has 1 aromatic carbocycles. The van der Waals surface area contributed by atoms with Gasteiger partial charge >= 0.3 is 0 Å². The third-order valence-electron chi connectivity index (χ3n) is 5.15. The minimum Gasteiger partial charge on any atom is -0.376 e. The van der Waals surface area contributed by atoms with Gasteiger partial charge in [-0.25, -0.2) is 18.1 Å². The SMILES string of the molecule is CS(=O)(=O)NC[C@@H]1CO[C@@H]2CN(C(=O)c3ccc4ccccc4n3)C[C@H]12. The predicted octanol–water partition coefficient (Wildman–Crippen LogP) is 0.871. The number of carbonyl (C=O) groups is 1. The van der Waals surface area contributed by atoms with Crippen LogP contribution in [0.15, 0.2) is 36.4 Å². The highest BCUT2D eigenvalue weighted by Crippen LogP contribution is 2.34. The van der Waals surface area contributed by atoms with Crippen LogP contribution < -0.4 is 4.72 Å². The van der Waals surface area contributed by atoms with Crippen molar-refractivity contribution in [3.05, 3.63) is 42.1 Å². The molecule has 0 aliphatic carbocycles. The number of ether oxygens (including phenoxy) is 1. The first-order chi connectivity index (χ1) is 12.4. The zero-order valence-corrected chi connectivity index (χ0v) is 15.3. The van der Waals surface area contributed by atoms with Gasteiger partial charge in [-0.1, -0.05) is 24.3 Å². The Morgan fingerprint density at radius 1 is 1.27 bits per heavy atom. The van der Waals surface area contributed by atoms with Crippen LogP contribution in [0, 0.1) is 11.8 Å². The van der Waals surface area contributed by atoms with Gasteiger partial charge in [0.2, 0.25) is 10.0 Å². The van der Waals surface area contributed by atoms with E-state index in [4.69, 9.17) is 4.74 Å². The summed E-state index contributed by atoms with van der Waals surface area (Å²) in [6.45, 7) is 1.95. The number of amides is 1. The van der Waals surface area contributed by atoms with Gasteiger partial charge in [0.15, 0.2) is 0 Å². The number of hydrogen-bond donors (Lipinski definition) is 1. The highest BCUT2D eigenvalue weighted by atomic mass is 32.2. The van der Waals surface area contributed by atoms with Gasteiger partial charge in [-0.3, -0.25) is 4.79 Å². The number of para-hydroxylation sites is 1.